The number of hydrogen-bond acceptors (Lipinski definition) is 4. The van der Waals surface area contributed by atoms with Gasteiger partial charge < -0.3 is 25.4 Å². The number of amides is 1. The molecule has 0 saturated heterocycles. The van der Waals surface area contributed by atoms with Gasteiger partial charge in [0.05, 0.1) is 20.2 Å². The molecule has 0 spiro atoms. The molecule has 1 amide bonds. The Bertz CT molecular complexity index is 604. The molecule has 1 aromatic rings. The van der Waals surface area contributed by atoms with E-state index >= 15 is 0 Å². The Labute approximate surface area is 175 Å². The zero-order valence-electron chi connectivity index (χ0n) is 15.7. The fourth-order valence-corrected chi connectivity index (χ4v) is 2.01. The molecule has 0 bridgehead atoms. The maximum atomic E-state index is 12.6. The standard InChI is InChI=1S/C17H26F2N4O3.HI/c1-4-8-21-15(24)11-23-17(20-5-2)22-10-12-9-13(25-3)6-7-14(12)26-16(18)19;/h6-7,9,16H,4-5,8,10-11H2,1-3H3,(H,21,24)(H2,20,22,23);1H. The topological polar surface area (TPSA) is 84.0 Å². The van der Waals surface area contributed by atoms with E-state index in [9.17, 15) is 13.6 Å². The summed E-state index contributed by atoms with van der Waals surface area (Å²) in [6.45, 7) is 2.24. The number of aliphatic imine (C=N–C) groups is 1. The van der Waals surface area contributed by atoms with Gasteiger partial charge in [-0.15, -0.1) is 24.0 Å². The minimum Gasteiger partial charge on any atom is -0.497 e. The number of nitrogens with zero attached hydrogens (tertiary/aromatic N) is 1. The van der Waals surface area contributed by atoms with E-state index in [2.05, 4.69) is 25.7 Å². The Hall–Kier alpha value is -1.85. The Kier molecular flexibility index (Phi) is 13.3. The molecule has 7 nitrogen and oxygen atoms in total. The van der Waals surface area contributed by atoms with E-state index in [0.29, 0.717) is 30.4 Å². The molecule has 27 heavy (non-hydrogen) atoms. The highest BCUT2D eigenvalue weighted by atomic mass is 127. The monoisotopic (exact) mass is 500 g/mol. The molecule has 0 saturated carbocycles. The van der Waals surface area contributed by atoms with E-state index in [-0.39, 0.29) is 48.7 Å². The van der Waals surface area contributed by atoms with Crippen LogP contribution >= 0.6 is 24.0 Å². The quantitative estimate of drug-likeness (QED) is 0.261. The number of halogens is 3. The first-order chi connectivity index (χ1) is 12.5. The lowest BCUT2D eigenvalue weighted by atomic mass is 10.2. The number of rotatable bonds is 10. The van der Waals surface area contributed by atoms with Crippen molar-refractivity contribution in [2.24, 2.45) is 4.99 Å². The van der Waals surface area contributed by atoms with Crippen LogP contribution in [0, 0.1) is 0 Å². The van der Waals surface area contributed by atoms with Crippen molar-refractivity contribution in [1.29, 1.82) is 0 Å². The van der Waals surface area contributed by atoms with Crippen molar-refractivity contribution in [3.8, 4) is 11.5 Å². The summed E-state index contributed by atoms with van der Waals surface area (Å²) in [7, 11) is 1.48. The van der Waals surface area contributed by atoms with E-state index in [1.54, 1.807) is 6.07 Å². The Balaban J connectivity index is 0.00000676. The van der Waals surface area contributed by atoms with Gasteiger partial charge in [0.25, 0.3) is 0 Å². The number of hydrogen-bond donors (Lipinski definition) is 3. The number of carbonyl (C=O) groups excluding carboxylic acids is 1. The Morgan fingerprint density at radius 3 is 2.56 bits per heavy atom. The number of carbonyl (C=O) groups is 1. The van der Waals surface area contributed by atoms with Gasteiger partial charge in [-0.05, 0) is 31.5 Å². The molecule has 0 atom stereocenters. The minimum absolute atomic E-state index is 0. The van der Waals surface area contributed by atoms with E-state index in [0.717, 1.165) is 6.42 Å². The van der Waals surface area contributed by atoms with Crippen LogP contribution in [0.4, 0.5) is 8.78 Å². The van der Waals surface area contributed by atoms with E-state index in [1.165, 1.54) is 19.2 Å². The fourth-order valence-electron chi connectivity index (χ4n) is 2.01. The first-order valence-corrected chi connectivity index (χ1v) is 8.40. The highest BCUT2D eigenvalue weighted by Gasteiger charge is 2.11. The van der Waals surface area contributed by atoms with Crippen molar-refractivity contribution in [1.82, 2.24) is 16.0 Å². The van der Waals surface area contributed by atoms with Gasteiger partial charge in [0, 0.05) is 18.7 Å². The van der Waals surface area contributed by atoms with Crippen molar-refractivity contribution in [2.75, 3.05) is 26.7 Å². The lowest BCUT2D eigenvalue weighted by molar-refractivity contribution is -0.120. The van der Waals surface area contributed by atoms with Gasteiger partial charge in [0.1, 0.15) is 11.5 Å². The third-order valence-electron chi connectivity index (χ3n) is 3.22. The molecule has 0 radical (unpaired) electrons. The molecule has 10 heteroatoms. The van der Waals surface area contributed by atoms with Crippen molar-refractivity contribution in [3.05, 3.63) is 23.8 Å². The van der Waals surface area contributed by atoms with Gasteiger partial charge in [0.15, 0.2) is 5.96 Å². The molecule has 1 rings (SSSR count). The van der Waals surface area contributed by atoms with Crippen LogP contribution in [0.2, 0.25) is 0 Å². The lowest BCUT2D eigenvalue weighted by Gasteiger charge is -2.13. The average Bonchev–Trinajstić information content (AvgIpc) is 2.62. The summed E-state index contributed by atoms with van der Waals surface area (Å²) in [5.41, 5.74) is 0.442. The number of nitrogens with one attached hydrogen (secondary N) is 3. The van der Waals surface area contributed by atoms with Gasteiger partial charge in [-0.1, -0.05) is 6.92 Å². The predicted octanol–water partition coefficient (Wildman–Crippen LogP) is 2.50. The van der Waals surface area contributed by atoms with Crippen LogP contribution in [0.15, 0.2) is 23.2 Å². The summed E-state index contributed by atoms with van der Waals surface area (Å²) >= 11 is 0. The Morgan fingerprint density at radius 1 is 1.22 bits per heavy atom. The van der Waals surface area contributed by atoms with Crippen LogP contribution in [-0.4, -0.2) is 45.2 Å². The van der Waals surface area contributed by atoms with Crippen LogP contribution < -0.4 is 25.4 Å². The second-order valence-corrected chi connectivity index (χ2v) is 5.25. The van der Waals surface area contributed by atoms with Crippen LogP contribution in [0.1, 0.15) is 25.8 Å². The smallest absolute Gasteiger partial charge is 0.387 e. The molecule has 0 aliphatic rings. The molecule has 154 valence electrons. The van der Waals surface area contributed by atoms with E-state index in [1.807, 2.05) is 13.8 Å². The first-order valence-electron chi connectivity index (χ1n) is 8.40. The van der Waals surface area contributed by atoms with Gasteiger partial charge in [-0.25, -0.2) is 4.99 Å². The summed E-state index contributed by atoms with van der Waals surface area (Å²) in [5, 5.41) is 8.63. The molecule has 0 aromatic heterocycles. The molecule has 1 aromatic carbocycles. The summed E-state index contributed by atoms with van der Waals surface area (Å²) < 4.78 is 34.7. The third kappa shape index (κ3) is 10.2. The lowest BCUT2D eigenvalue weighted by Crippen LogP contribution is -2.43. The minimum atomic E-state index is -2.93. The molecular formula is C17H27F2IN4O3. The molecule has 0 aliphatic heterocycles. The zero-order valence-corrected chi connectivity index (χ0v) is 18.0. The van der Waals surface area contributed by atoms with E-state index in [4.69, 9.17) is 4.74 Å². The van der Waals surface area contributed by atoms with Gasteiger partial charge >= 0.3 is 6.61 Å². The van der Waals surface area contributed by atoms with E-state index < -0.39 is 6.61 Å². The molecule has 0 aliphatic carbocycles. The van der Waals surface area contributed by atoms with Crippen molar-refractivity contribution in [3.63, 3.8) is 0 Å². The third-order valence-corrected chi connectivity index (χ3v) is 3.22. The largest absolute Gasteiger partial charge is 0.497 e. The molecule has 0 unspecified atom stereocenters. The number of benzene rings is 1. The second-order valence-electron chi connectivity index (χ2n) is 5.25. The predicted molar refractivity (Wildman–Crippen MR) is 111 cm³/mol. The van der Waals surface area contributed by atoms with Gasteiger partial charge in [0.2, 0.25) is 5.91 Å². The highest BCUT2D eigenvalue weighted by Crippen LogP contribution is 2.26. The molecule has 0 fully saturated rings. The SMILES string of the molecule is CCCNC(=O)CNC(=NCc1cc(OC)ccc1OC(F)F)NCC.I. The summed E-state index contributed by atoms with van der Waals surface area (Å²) in [6, 6.07) is 4.53. The van der Waals surface area contributed by atoms with Crippen molar-refractivity contribution in [2.45, 2.75) is 33.4 Å². The number of ether oxygens (including phenoxy) is 2. The molecule has 3 N–H and O–H groups in total. The first kappa shape index (κ1) is 25.1. The second kappa shape index (κ2) is 14.2. The van der Waals surface area contributed by atoms with Gasteiger partial charge in [-0.2, -0.15) is 8.78 Å². The maximum absolute atomic E-state index is 12.6. The van der Waals surface area contributed by atoms with Crippen molar-refractivity contribution >= 4 is 35.8 Å². The van der Waals surface area contributed by atoms with Gasteiger partial charge in [-0.3, -0.25) is 4.79 Å². The van der Waals surface area contributed by atoms with Crippen LogP contribution in [-0.2, 0) is 11.3 Å². The highest BCUT2D eigenvalue weighted by molar-refractivity contribution is 14.0. The average molecular weight is 500 g/mol. The zero-order chi connectivity index (χ0) is 19.4. The normalized spacial score (nSPS) is 10.8. The van der Waals surface area contributed by atoms with Crippen molar-refractivity contribution < 1.29 is 23.0 Å². The van der Waals surface area contributed by atoms with Crippen LogP contribution in [0.25, 0.3) is 0 Å². The number of methoxy groups -OCH3 is 1. The molecule has 0 heterocycles. The number of alkyl halides is 2. The van der Waals surface area contributed by atoms with Crippen LogP contribution in [0.5, 0.6) is 11.5 Å². The van der Waals surface area contributed by atoms with Crippen LogP contribution in [0.3, 0.4) is 0 Å². The summed E-state index contributed by atoms with van der Waals surface area (Å²) in [4.78, 5) is 16.0. The maximum Gasteiger partial charge on any atom is 0.387 e. The Morgan fingerprint density at radius 2 is 1.96 bits per heavy atom. The summed E-state index contributed by atoms with van der Waals surface area (Å²) in [6.07, 6.45) is 0.850. The fraction of sp³-hybridized carbons (Fsp3) is 0.529. The summed E-state index contributed by atoms with van der Waals surface area (Å²) in [5.74, 6) is 0.778. The molecular weight excluding hydrogens is 473 g/mol. The number of guanidine groups is 1.